The van der Waals surface area contributed by atoms with E-state index >= 15 is 0 Å². The van der Waals surface area contributed by atoms with Gasteiger partial charge in [0.25, 0.3) is 5.91 Å². The Morgan fingerprint density at radius 2 is 2.36 bits per heavy atom. The molecule has 0 N–H and O–H groups in total. The van der Waals surface area contributed by atoms with Gasteiger partial charge in [-0.05, 0) is 17.9 Å². The summed E-state index contributed by atoms with van der Waals surface area (Å²) in [5.41, 5.74) is 2.42. The van der Waals surface area contributed by atoms with E-state index in [9.17, 15) is 4.79 Å². The van der Waals surface area contributed by atoms with Gasteiger partial charge in [-0.25, -0.2) is 9.97 Å². The molecule has 6 heteroatoms. The maximum atomic E-state index is 12.3. The largest absolute Gasteiger partial charge is 0.360 e. The summed E-state index contributed by atoms with van der Waals surface area (Å²) in [5.74, 6) is 0.958. The van der Waals surface area contributed by atoms with E-state index in [0.717, 1.165) is 35.5 Å². The molecule has 0 aromatic carbocycles. The maximum Gasteiger partial charge on any atom is 0.254 e. The van der Waals surface area contributed by atoms with Gasteiger partial charge < -0.3 is 9.64 Å². The number of ether oxygens (including phenoxy) is 1. The van der Waals surface area contributed by atoms with Gasteiger partial charge in [0, 0.05) is 23.6 Å². The van der Waals surface area contributed by atoms with Gasteiger partial charge >= 0.3 is 0 Å². The van der Waals surface area contributed by atoms with Crippen LogP contribution in [0.2, 0.25) is 0 Å². The number of amides is 1. The normalized spacial score (nSPS) is 18.3. The molecule has 0 radical (unpaired) electrons. The summed E-state index contributed by atoms with van der Waals surface area (Å²) in [7, 11) is 0. The molecule has 0 atom stereocenters. The number of fused-ring (bicyclic) bond motifs is 2. The zero-order valence-corrected chi connectivity index (χ0v) is 13.2. The van der Waals surface area contributed by atoms with Crippen LogP contribution in [-0.2, 0) is 23.4 Å². The number of carbonyl (C=O) groups is 1. The standard InChI is InChI=1S/C16H17N3O2S/c1-2-3-14-17-6-12-13(18-14)7-21-16(12)9-19(10-16)15(20)11-4-5-22-8-11/h4-6,8H,2-3,7,9-10H2,1H3. The van der Waals surface area contributed by atoms with Gasteiger partial charge in [0.1, 0.15) is 11.4 Å². The summed E-state index contributed by atoms with van der Waals surface area (Å²) in [4.78, 5) is 23.2. The lowest BCUT2D eigenvalue weighted by Gasteiger charge is -2.47. The molecule has 5 nitrogen and oxygen atoms in total. The van der Waals surface area contributed by atoms with Gasteiger partial charge in [-0.3, -0.25) is 4.79 Å². The Hall–Kier alpha value is -1.79. The summed E-state index contributed by atoms with van der Waals surface area (Å²) in [6, 6.07) is 1.86. The van der Waals surface area contributed by atoms with Gasteiger partial charge in [0.15, 0.2) is 0 Å². The van der Waals surface area contributed by atoms with Crippen LogP contribution in [0, 0.1) is 0 Å². The maximum absolute atomic E-state index is 12.3. The topological polar surface area (TPSA) is 55.3 Å². The van der Waals surface area contributed by atoms with Crippen LogP contribution in [0.3, 0.4) is 0 Å². The van der Waals surface area contributed by atoms with Gasteiger partial charge in [0.05, 0.1) is 31.0 Å². The van der Waals surface area contributed by atoms with Crippen molar-refractivity contribution in [3.05, 3.63) is 45.7 Å². The second kappa shape index (κ2) is 5.14. The van der Waals surface area contributed by atoms with Crippen LogP contribution in [0.25, 0.3) is 0 Å². The first-order valence-corrected chi connectivity index (χ1v) is 8.47. The van der Waals surface area contributed by atoms with Crippen molar-refractivity contribution in [1.82, 2.24) is 14.9 Å². The van der Waals surface area contributed by atoms with E-state index < -0.39 is 0 Å². The Morgan fingerprint density at radius 3 is 3.09 bits per heavy atom. The predicted molar refractivity (Wildman–Crippen MR) is 82.7 cm³/mol. The molecule has 2 aliphatic heterocycles. The van der Waals surface area contributed by atoms with E-state index in [-0.39, 0.29) is 11.5 Å². The molecule has 0 saturated carbocycles. The number of aromatic nitrogens is 2. The molecule has 22 heavy (non-hydrogen) atoms. The van der Waals surface area contributed by atoms with Crippen LogP contribution in [0.5, 0.6) is 0 Å². The molecular formula is C16H17N3O2S. The van der Waals surface area contributed by atoms with E-state index in [2.05, 4.69) is 16.9 Å². The molecule has 0 bridgehead atoms. The van der Waals surface area contributed by atoms with E-state index in [1.807, 2.05) is 27.9 Å². The second-order valence-corrected chi connectivity index (χ2v) is 6.63. The van der Waals surface area contributed by atoms with Crippen molar-refractivity contribution < 1.29 is 9.53 Å². The molecule has 0 aliphatic carbocycles. The lowest BCUT2D eigenvalue weighted by Crippen LogP contribution is -2.61. The average Bonchev–Trinajstić information content (AvgIpc) is 3.13. The average molecular weight is 315 g/mol. The zero-order chi connectivity index (χ0) is 15.2. The predicted octanol–water partition coefficient (Wildman–Crippen LogP) is 2.37. The molecule has 1 fully saturated rings. The van der Waals surface area contributed by atoms with Crippen LogP contribution in [0.1, 0.15) is 40.8 Å². The molecule has 1 saturated heterocycles. The highest BCUT2D eigenvalue weighted by Crippen LogP contribution is 2.43. The first-order chi connectivity index (χ1) is 10.7. The van der Waals surface area contributed by atoms with Crippen LogP contribution < -0.4 is 0 Å². The SMILES string of the molecule is CCCc1ncc2c(n1)COC21CN(C(=O)c2ccsc2)C1. The second-order valence-electron chi connectivity index (χ2n) is 5.85. The third-order valence-electron chi connectivity index (χ3n) is 4.32. The minimum absolute atomic E-state index is 0.0763. The van der Waals surface area contributed by atoms with Gasteiger partial charge in [-0.15, -0.1) is 0 Å². The van der Waals surface area contributed by atoms with Crippen LogP contribution in [-0.4, -0.2) is 33.9 Å². The Bertz CT molecular complexity index is 708. The molecule has 2 aliphatic rings. The Morgan fingerprint density at radius 1 is 1.50 bits per heavy atom. The molecule has 2 aromatic rings. The fourth-order valence-corrected chi connectivity index (χ4v) is 3.75. The first kappa shape index (κ1) is 13.8. The minimum Gasteiger partial charge on any atom is -0.360 e. The molecule has 2 aromatic heterocycles. The molecular weight excluding hydrogens is 298 g/mol. The number of thiophene rings is 1. The van der Waals surface area contributed by atoms with E-state index in [4.69, 9.17) is 4.74 Å². The fraction of sp³-hybridized carbons (Fsp3) is 0.438. The highest BCUT2D eigenvalue weighted by atomic mass is 32.1. The Kier molecular flexibility index (Phi) is 3.23. The summed E-state index contributed by atoms with van der Waals surface area (Å²) in [6.45, 7) is 3.82. The Labute approximate surface area is 133 Å². The van der Waals surface area contributed by atoms with E-state index in [1.165, 1.54) is 11.3 Å². The van der Waals surface area contributed by atoms with Gasteiger partial charge in [-0.1, -0.05) is 6.92 Å². The van der Waals surface area contributed by atoms with E-state index in [1.54, 1.807) is 0 Å². The zero-order valence-electron chi connectivity index (χ0n) is 12.4. The first-order valence-electron chi connectivity index (χ1n) is 7.52. The molecule has 1 amide bonds. The van der Waals surface area contributed by atoms with Crippen molar-refractivity contribution in [3.8, 4) is 0 Å². The number of aryl methyl sites for hydroxylation is 1. The highest BCUT2D eigenvalue weighted by Gasteiger charge is 2.52. The Balaban J connectivity index is 1.52. The van der Waals surface area contributed by atoms with Crippen molar-refractivity contribution in [3.63, 3.8) is 0 Å². The van der Waals surface area contributed by atoms with E-state index in [0.29, 0.717) is 19.7 Å². The number of nitrogens with zero attached hydrogens (tertiary/aromatic N) is 3. The van der Waals surface area contributed by atoms with Gasteiger partial charge in [-0.2, -0.15) is 11.3 Å². The van der Waals surface area contributed by atoms with Crippen LogP contribution in [0.4, 0.5) is 0 Å². The molecule has 114 valence electrons. The van der Waals surface area contributed by atoms with Crippen molar-refractivity contribution in [1.29, 1.82) is 0 Å². The number of hydrogen-bond acceptors (Lipinski definition) is 5. The van der Waals surface area contributed by atoms with Crippen molar-refractivity contribution in [2.24, 2.45) is 0 Å². The number of hydrogen-bond donors (Lipinski definition) is 0. The van der Waals surface area contributed by atoms with Crippen LogP contribution in [0.15, 0.2) is 23.0 Å². The fourth-order valence-electron chi connectivity index (χ4n) is 3.12. The smallest absolute Gasteiger partial charge is 0.254 e. The van der Waals surface area contributed by atoms with Crippen LogP contribution >= 0.6 is 11.3 Å². The third kappa shape index (κ3) is 2.06. The molecule has 4 rings (SSSR count). The van der Waals surface area contributed by atoms with Crippen molar-refractivity contribution >= 4 is 17.2 Å². The summed E-state index contributed by atoms with van der Waals surface area (Å²) in [6.07, 6.45) is 3.82. The highest BCUT2D eigenvalue weighted by molar-refractivity contribution is 7.08. The van der Waals surface area contributed by atoms with Crippen molar-refractivity contribution in [2.45, 2.75) is 32.0 Å². The summed E-state index contributed by atoms with van der Waals surface area (Å²) < 4.78 is 5.98. The molecule has 4 heterocycles. The van der Waals surface area contributed by atoms with Gasteiger partial charge in [0.2, 0.25) is 0 Å². The number of likely N-dealkylation sites (tertiary alicyclic amines) is 1. The lowest BCUT2D eigenvalue weighted by atomic mass is 9.87. The summed E-state index contributed by atoms with van der Waals surface area (Å²) >= 11 is 1.54. The third-order valence-corrected chi connectivity index (χ3v) is 5.00. The molecule has 0 unspecified atom stereocenters. The van der Waals surface area contributed by atoms with Crippen molar-refractivity contribution in [2.75, 3.05) is 13.1 Å². The lowest BCUT2D eigenvalue weighted by molar-refractivity contribution is -0.126. The number of rotatable bonds is 3. The monoisotopic (exact) mass is 315 g/mol. The minimum atomic E-state index is -0.383. The molecule has 1 spiro atoms. The number of carbonyl (C=O) groups excluding carboxylic acids is 1. The summed E-state index contributed by atoms with van der Waals surface area (Å²) in [5, 5.41) is 3.81. The quantitative estimate of drug-likeness (QED) is 0.872.